The van der Waals surface area contributed by atoms with Gasteiger partial charge in [-0.25, -0.2) is 0 Å². The fraction of sp³-hybridized carbons (Fsp3) is 0.391. The molecule has 1 fully saturated rings. The summed E-state index contributed by atoms with van der Waals surface area (Å²) in [5.41, 5.74) is 3.56. The monoisotopic (exact) mass is 365 g/mol. The molecule has 4 rings (SSSR count). The number of fused-ring (bicyclic) bond motifs is 1. The van der Waals surface area contributed by atoms with Crippen LogP contribution in [0.15, 0.2) is 52.9 Å². The lowest BCUT2D eigenvalue weighted by molar-refractivity contribution is 0.0384. The highest BCUT2D eigenvalue weighted by Gasteiger charge is 2.17. The van der Waals surface area contributed by atoms with Gasteiger partial charge < -0.3 is 13.9 Å². The lowest BCUT2D eigenvalue weighted by Crippen LogP contribution is -2.37. The number of benzene rings is 2. The normalized spacial score (nSPS) is 15.3. The van der Waals surface area contributed by atoms with E-state index in [1.54, 1.807) is 0 Å². The van der Waals surface area contributed by atoms with Crippen LogP contribution in [-0.2, 0) is 17.6 Å². The predicted molar refractivity (Wildman–Crippen MR) is 108 cm³/mol. The second-order valence-electron chi connectivity index (χ2n) is 6.96. The SMILES string of the molecule is CCOc1ccc(Cc2oc3ccccc3c2CCN2CCOCC2)cc1. The van der Waals surface area contributed by atoms with Gasteiger partial charge in [0.15, 0.2) is 0 Å². The Morgan fingerprint density at radius 3 is 2.56 bits per heavy atom. The molecule has 27 heavy (non-hydrogen) atoms. The van der Waals surface area contributed by atoms with Crippen molar-refractivity contribution in [3.8, 4) is 5.75 Å². The Bertz CT molecular complexity index is 863. The van der Waals surface area contributed by atoms with Gasteiger partial charge in [-0.15, -0.1) is 0 Å². The summed E-state index contributed by atoms with van der Waals surface area (Å²) < 4.78 is 17.3. The first-order valence-electron chi connectivity index (χ1n) is 9.84. The second-order valence-corrected chi connectivity index (χ2v) is 6.96. The van der Waals surface area contributed by atoms with Gasteiger partial charge >= 0.3 is 0 Å². The quantitative estimate of drug-likeness (QED) is 0.625. The Kier molecular flexibility index (Phi) is 5.75. The molecular formula is C23H27NO3. The molecule has 0 amide bonds. The minimum absolute atomic E-state index is 0.689. The molecule has 0 radical (unpaired) electrons. The van der Waals surface area contributed by atoms with Crippen LogP contribution >= 0.6 is 0 Å². The van der Waals surface area contributed by atoms with Gasteiger partial charge in [-0.3, -0.25) is 4.90 Å². The summed E-state index contributed by atoms with van der Waals surface area (Å²) in [5.74, 6) is 1.99. The van der Waals surface area contributed by atoms with Crippen LogP contribution in [0.2, 0.25) is 0 Å². The lowest BCUT2D eigenvalue weighted by atomic mass is 10.0. The maximum Gasteiger partial charge on any atom is 0.134 e. The fourth-order valence-corrected chi connectivity index (χ4v) is 3.72. The van der Waals surface area contributed by atoms with Crippen LogP contribution in [0.25, 0.3) is 11.0 Å². The maximum atomic E-state index is 6.25. The third-order valence-electron chi connectivity index (χ3n) is 5.16. The van der Waals surface area contributed by atoms with Gasteiger partial charge in [-0.2, -0.15) is 0 Å². The van der Waals surface area contributed by atoms with Crippen molar-refractivity contribution in [3.05, 3.63) is 65.4 Å². The molecule has 0 atom stereocenters. The molecule has 0 aliphatic carbocycles. The molecule has 0 saturated carbocycles. The Hall–Kier alpha value is -2.30. The third-order valence-corrected chi connectivity index (χ3v) is 5.16. The van der Waals surface area contributed by atoms with Crippen LogP contribution < -0.4 is 4.74 Å². The summed E-state index contributed by atoms with van der Waals surface area (Å²) in [6.45, 7) is 7.45. The van der Waals surface area contributed by atoms with E-state index in [1.165, 1.54) is 16.5 Å². The number of hydrogen-bond acceptors (Lipinski definition) is 4. The summed E-state index contributed by atoms with van der Waals surface area (Å²) in [4.78, 5) is 2.48. The molecule has 1 aliphatic rings. The number of ether oxygens (including phenoxy) is 2. The Morgan fingerprint density at radius 2 is 1.78 bits per heavy atom. The Balaban J connectivity index is 1.55. The largest absolute Gasteiger partial charge is 0.494 e. The molecule has 4 heteroatoms. The zero-order valence-corrected chi connectivity index (χ0v) is 15.9. The average molecular weight is 365 g/mol. The van der Waals surface area contributed by atoms with Crippen molar-refractivity contribution in [1.29, 1.82) is 0 Å². The first-order chi connectivity index (χ1) is 13.3. The highest BCUT2D eigenvalue weighted by Crippen LogP contribution is 2.29. The molecule has 2 heterocycles. The van der Waals surface area contributed by atoms with Crippen LogP contribution in [-0.4, -0.2) is 44.4 Å². The van der Waals surface area contributed by atoms with Gasteiger partial charge in [0, 0.05) is 37.0 Å². The van der Waals surface area contributed by atoms with Gasteiger partial charge in [0.1, 0.15) is 17.1 Å². The number of morpholine rings is 1. The van der Waals surface area contributed by atoms with Crippen molar-refractivity contribution in [2.75, 3.05) is 39.5 Å². The smallest absolute Gasteiger partial charge is 0.134 e. The lowest BCUT2D eigenvalue weighted by Gasteiger charge is -2.26. The zero-order chi connectivity index (χ0) is 18.5. The van der Waals surface area contributed by atoms with Crippen LogP contribution in [0.4, 0.5) is 0 Å². The number of nitrogens with zero attached hydrogens (tertiary/aromatic N) is 1. The van der Waals surface area contributed by atoms with Crippen LogP contribution in [0.3, 0.4) is 0 Å². The van der Waals surface area contributed by atoms with E-state index in [4.69, 9.17) is 13.9 Å². The number of para-hydroxylation sites is 1. The summed E-state index contributed by atoms with van der Waals surface area (Å²) in [5, 5.41) is 1.24. The van der Waals surface area contributed by atoms with E-state index in [-0.39, 0.29) is 0 Å². The first kappa shape index (κ1) is 18.1. The molecular weight excluding hydrogens is 338 g/mol. The van der Waals surface area contributed by atoms with E-state index in [9.17, 15) is 0 Å². The third kappa shape index (κ3) is 4.34. The maximum absolute atomic E-state index is 6.25. The molecule has 0 N–H and O–H groups in total. The highest BCUT2D eigenvalue weighted by molar-refractivity contribution is 5.82. The average Bonchev–Trinajstić information content (AvgIpc) is 3.06. The summed E-state index contributed by atoms with van der Waals surface area (Å²) in [7, 11) is 0. The van der Waals surface area contributed by atoms with E-state index in [1.807, 2.05) is 25.1 Å². The van der Waals surface area contributed by atoms with Crippen molar-refractivity contribution in [2.24, 2.45) is 0 Å². The molecule has 2 aromatic carbocycles. The van der Waals surface area contributed by atoms with Gasteiger partial charge in [0.25, 0.3) is 0 Å². The minimum Gasteiger partial charge on any atom is -0.494 e. The fourth-order valence-electron chi connectivity index (χ4n) is 3.72. The number of rotatable bonds is 7. The highest BCUT2D eigenvalue weighted by atomic mass is 16.5. The van der Waals surface area contributed by atoms with Crippen molar-refractivity contribution in [3.63, 3.8) is 0 Å². The molecule has 1 aromatic heterocycles. The molecule has 0 spiro atoms. The second kappa shape index (κ2) is 8.59. The summed E-state index contributed by atoms with van der Waals surface area (Å²) in [6.07, 6.45) is 1.81. The van der Waals surface area contributed by atoms with Crippen LogP contribution in [0, 0.1) is 0 Å². The molecule has 1 saturated heterocycles. The number of furan rings is 1. The van der Waals surface area contributed by atoms with E-state index in [0.29, 0.717) is 6.61 Å². The van der Waals surface area contributed by atoms with Crippen LogP contribution in [0.1, 0.15) is 23.8 Å². The van der Waals surface area contributed by atoms with Crippen molar-refractivity contribution >= 4 is 11.0 Å². The van der Waals surface area contributed by atoms with E-state index in [2.05, 4.69) is 35.2 Å². The van der Waals surface area contributed by atoms with Crippen molar-refractivity contribution in [2.45, 2.75) is 19.8 Å². The summed E-state index contributed by atoms with van der Waals surface area (Å²) in [6, 6.07) is 16.7. The minimum atomic E-state index is 0.689. The Labute approximate surface area is 160 Å². The van der Waals surface area contributed by atoms with Gasteiger partial charge in [0.05, 0.1) is 19.8 Å². The molecule has 142 valence electrons. The predicted octanol–water partition coefficient (Wildman–Crippen LogP) is 4.30. The first-order valence-corrected chi connectivity index (χ1v) is 9.84. The topological polar surface area (TPSA) is 34.8 Å². The van der Waals surface area contributed by atoms with Crippen molar-refractivity contribution < 1.29 is 13.9 Å². The van der Waals surface area contributed by atoms with E-state index < -0.39 is 0 Å². The molecule has 0 bridgehead atoms. The van der Waals surface area contributed by atoms with E-state index in [0.717, 1.165) is 62.8 Å². The van der Waals surface area contributed by atoms with Crippen molar-refractivity contribution in [1.82, 2.24) is 4.90 Å². The standard InChI is InChI=1S/C23H27NO3/c1-2-26-19-9-7-18(8-10-19)17-23-21(11-12-24-13-15-25-16-14-24)20-5-3-4-6-22(20)27-23/h3-10H,2,11-17H2,1H3. The van der Waals surface area contributed by atoms with E-state index >= 15 is 0 Å². The molecule has 3 aromatic rings. The van der Waals surface area contributed by atoms with Gasteiger partial charge in [-0.1, -0.05) is 30.3 Å². The van der Waals surface area contributed by atoms with Gasteiger partial charge in [-0.05, 0) is 37.1 Å². The molecule has 1 aliphatic heterocycles. The molecule has 4 nitrogen and oxygen atoms in total. The number of hydrogen-bond donors (Lipinski definition) is 0. The zero-order valence-electron chi connectivity index (χ0n) is 15.9. The molecule has 0 unspecified atom stereocenters. The van der Waals surface area contributed by atoms with Crippen LogP contribution in [0.5, 0.6) is 5.75 Å². The Morgan fingerprint density at radius 1 is 1.00 bits per heavy atom. The summed E-state index contributed by atoms with van der Waals surface area (Å²) >= 11 is 0. The van der Waals surface area contributed by atoms with Gasteiger partial charge in [0.2, 0.25) is 0 Å².